The van der Waals surface area contributed by atoms with Crippen molar-refractivity contribution in [2.45, 2.75) is 44.2 Å². The molecule has 0 spiro atoms. The molecule has 0 bridgehead atoms. The Bertz CT molecular complexity index is 1160. The topological polar surface area (TPSA) is 85.9 Å². The Hall–Kier alpha value is -3.03. The molecule has 0 N–H and O–H groups in total. The zero-order valence-electron chi connectivity index (χ0n) is 15.8. The van der Waals surface area contributed by atoms with Gasteiger partial charge in [0.2, 0.25) is 5.95 Å². The van der Waals surface area contributed by atoms with Crippen molar-refractivity contribution in [1.82, 2.24) is 24.3 Å². The summed E-state index contributed by atoms with van der Waals surface area (Å²) in [5.74, 6) is 1.13. The van der Waals surface area contributed by atoms with Gasteiger partial charge in [0.25, 0.3) is 11.1 Å². The van der Waals surface area contributed by atoms with Crippen LogP contribution in [0.2, 0.25) is 0 Å². The molecule has 5 rings (SSSR count). The van der Waals surface area contributed by atoms with Crippen molar-refractivity contribution in [2.75, 3.05) is 11.4 Å². The first kappa shape index (κ1) is 17.1. The van der Waals surface area contributed by atoms with Crippen LogP contribution in [0.15, 0.2) is 40.2 Å². The van der Waals surface area contributed by atoms with E-state index < -0.39 is 0 Å². The van der Waals surface area contributed by atoms with Crippen molar-refractivity contribution >= 4 is 16.9 Å². The van der Waals surface area contributed by atoms with Crippen LogP contribution >= 0.6 is 0 Å². The maximum atomic E-state index is 12.8. The molecule has 1 aliphatic heterocycles. The maximum Gasteiger partial charge on any atom is 0.266 e. The smallest absolute Gasteiger partial charge is 0.266 e. The van der Waals surface area contributed by atoms with Crippen molar-refractivity contribution in [3.63, 3.8) is 0 Å². The van der Waals surface area contributed by atoms with Crippen LogP contribution < -0.4 is 16.0 Å². The second-order valence-corrected chi connectivity index (χ2v) is 7.71. The SMILES string of the molecule is Cn1c(N2CCCC2Cn2nc(C3CC3)ccc2=O)nc2cnccc2c1=O. The minimum absolute atomic E-state index is 0.0758. The molecule has 2 fully saturated rings. The van der Waals surface area contributed by atoms with Gasteiger partial charge in [-0.2, -0.15) is 5.10 Å². The number of fused-ring (bicyclic) bond motifs is 1. The molecule has 8 nitrogen and oxygen atoms in total. The summed E-state index contributed by atoms with van der Waals surface area (Å²) in [5, 5.41) is 5.16. The van der Waals surface area contributed by atoms with Gasteiger partial charge >= 0.3 is 0 Å². The van der Waals surface area contributed by atoms with Gasteiger partial charge in [0.1, 0.15) is 0 Å². The molecule has 28 heavy (non-hydrogen) atoms. The third-order valence-electron chi connectivity index (χ3n) is 5.76. The molecule has 0 radical (unpaired) electrons. The van der Waals surface area contributed by atoms with E-state index in [0.29, 0.717) is 29.3 Å². The van der Waals surface area contributed by atoms with E-state index in [2.05, 4.69) is 15.0 Å². The van der Waals surface area contributed by atoms with Crippen LogP contribution in [0.25, 0.3) is 10.9 Å². The standard InChI is InChI=1S/C20H22N6O2/c1-24-19(28)15-8-9-21-11-17(15)22-20(24)25-10-2-3-14(25)12-26-18(27)7-6-16(23-26)13-4-5-13/h6-9,11,13-14H,2-5,10,12H2,1H3. The summed E-state index contributed by atoms with van der Waals surface area (Å²) < 4.78 is 3.18. The van der Waals surface area contributed by atoms with Crippen molar-refractivity contribution in [3.8, 4) is 0 Å². The van der Waals surface area contributed by atoms with Crippen LogP contribution in [-0.4, -0.2) is 36.9 Å². The lowest BCUT2D eigenvalue weighted by molar-refractivity contribution is 0.476. The van der Waals surface area contributed by atoms with E-state index in [-0.39, 0.29) is 17.2 Å². The fourth-order valence-electron chi connectivity index (χ4n) is 4.05. The maximum absolute atomic E-state index is 12.8. The molecule has 0 aromatic carbocycles. The Morgan fingerprint density at radius 2 is 2.00 bits per heavy atom. The minimum atomic E-state index is -0.0842. The summed E-state index contributed by atoms with van der Waals surface area (Å²) in [4.78, 5) is 36.0. The number of pyridine rings is 1. The van der Waals surface area contributed by atoms with Gasteiger partial charge in [0.05, 0.1) is 35.4 Å². The highest BCUT2D eigenvalue weighted by Gasteiger charge is 2.30. The van der Waals surface area contributed by atoms with Crippen molar-refractivity contribution in [3.05, 3.63) is 57.0 Å². The Kier molecular flexibility index (Phi) is 3.99. The van der Waals surface area contributed by atoms with Crippen molar-refractivity contribution in [1.29, 1.82) is 0 Å². The lowest BCUT2D eigenvalue weighted by Gasteiger charge is -2.27. The molecule has 2 aliphatic rings. The number of anilines is 1. The summed E-state index contributed by atoms with van der Waals surface area (Å²) in [6, 6.07) is 5.25. The van der Waals surface area contributed by atoms with E-state index in [9.17, 15) is 9.59 Å². The fourth-order valence-corrected chi connectivity index (χ4v) is 4.05. The molecule has 1 unspecified atom stereocenters. The molecule has 1 saturated carbocycles. The minimum Gasteiger partial charge on any atom is -0.337 e. The second-order valence-electron chi connectivity index (χ2n) is 7.71. The van der Waals surface area contributed by atoms with E-state index in [1.807, 2.05) is 6.07 Å². The third-order valence-corrected chi connectivity index (χ3v) is 5.76. The molecule has 1 saturated heterocycles. The molecule has 3 aromatic rings. The molecule has 4 heterocycles. The van der Waals surface area contributed by atoms with E-state index in [1.165, 1.54) is 0 Å². The Morgan fingerprint density at radius 1 is 1.14 bits per heavy atom. The third kappa shape index (κ3) is 2.89. The molecular weight excluding hydrogens is 356 g/mol. The highest BCUT2D eigenvalue weighted by molar-refractivity contribution is 5.77. The van der Waals surface area contributed by atoms with Gasteiger partial charge in [0.15, 0.2) is 0 Å². The normalized spacial score (nSPS) is 19.5. The van der Waals surface area contributed by atoms with Crippen LogP contribution in [0.3, 0.4) is 0 Å². The van der Waals surface area contributed by atoms with Crippen LogP contribution in [0.4, 0.5) is 5.95 Å². The number of nitrogens with zero attached hydrogens (tertiary/aromatic N) is 6. The van der Waals surface area contributed by atoms with E-state index in [4.69, 9.17) is 4.98 Å². The summed E-state index contributed by atoms with van der Waals surface area (Å²) in [5.41, 5.74) is 1.43. The zero-order chi connectivity index (χ0) is 19.3. The number of hydrogen-bond acceptors (Lipinski definition) is 6. The van der Waals surface area contributed by atoms with E-state index in [0.717, 1.165) is 37.9 Å². The largest absolute Gasteiger partial charge is 0.337 e. The van der Waals surface area contributed by atoms with Crippen molar-refractivity contribution < 1.29 is 0 Å². The highest BCUT2D eigenvalue weighted by Crippen LogP contribution is 2.38. The second kappa shape index (κ2) is 6.54. The molecule has 3 aromatic heterocycles. The van der Waals surface area contributed by atoms with E-state index in [1.54, 1.807) is 40.8 Å². The van der Waals surface area contributed by atoms with Gasteiger partial charge in [-0.05, 0) is 37.8 Å². The van der Waals surface area contributed by atoms with Gasteiger partial charge < -0.3 is 4.90 Å². The zero-order valence-corrected chi connectivity index (χ0v) is 15.8. The molecule has 0 amide bonds. The average molecular weight is 378 g/mol. The van der Waals surface area contributed by atoms with Gasteiger partial charge in [0, 0.05) is 31.8 Å². The first-order valence-electron chi connectivity index (χ1n) is 9.77. The van der Waals surface area contributed by atoms with Crippen LogP contribution in [0, 0.1) is 0 Å². The summed E-state index contributed by atoms with van der Waals surface area (Å²) in [7, 11) is 1.75. The Morgan fingerprint density at radius 3 is 2.82 bits per heavy atom. The van der Waals surface area contributed by atoms with E-state index >= 15 is 0 Å². The summed E-state index contributed by atoms with van der Waals surface area (Å²) in [6.45, 7) is 1.30. The van der Waals surface area contributed by atoms with Crippen molar-refractivity contribution in [2.24, 2.45) is 7.05 Å². The predicted molar refractivity (Wildman–Crippen MR) is 106 cm³/mol. The van der Waals surface area contributed by atoms with Gasteiger partial charge in [-0.15, -0.1) is 0 Å². The van der Waals surface area contributed by atoms with Gasteiger partial charge in [-0.3, -0.25) is 19.1 Å². The molecule has 1 aliphatic carbocycles. The fraction of sp³-hybridized carbons (Fsp3) is 0.450. The molecule has 144 valence electrons. The first-order chi connectivity index (χ1) is 13.6. The lowest BCUT2D eigenvalue weighted by atomic mass is 10.2. The van der Waals surface area contributed by atoms with Crippen LogP contribution in [-0.2, 0) is 13.6 Å². The highest BCUT2D eigenvalue weighted by atomic mass is 16.1. The van der Waals surface area contributed by atoms with Crippen LogP contribution in [0.1, 0.15) is 37.3 Å². The molecule has 8 heteroatoms. The Labute approximate surface area is 161 Å². The quantitative estimate of drug-likeness (QED) is 0.683. The summed E-state index contributed by atoms with van der Waals surface area (Å²) in [6.07, 6.45) is 7.45. The number of hydrogen-bond donors (Lipinski definition) is 0. The average Bonchev–Trinajstić information content (AvgIpc) is 3.46. The predicted octanol–water partition coefficient (Wildman–Crippen LogP) is 1.43. The monoisotopic (exact) mass is 378 g/mol. The molecular formula is C20H22N6O2. The molecule has 1 atom stereocenters. The number of aromatic nitrogens is 5. The summed E-state index contributed by atoms with van der Waals surface area (Å²) >= 11 is 0. The lowest BCUT2D eigenvalue weighted by Crippen LogP contribution is -2.40. The number of rotatable bonds is 4. The van der Waals surface area contributed by atoms with Crippen LogP contribution in [0.5, 0.6) is 0 Å². The van der Waals surface area contributed by atoms with Gasteiger partial charge in [-0.25, -0.2) is 9.67 Å². The first-order valence-corrected chi connectivity index (χ1v) is 9.77. The Balaban J connectivity index is 1.50. The van der Waals surface area contributed by atoms with Gasteiger partial charge in [-0.1, -0.05) is 0 Å².